The monoisotopic (exact) mass is 311 g/mol. The molecule has 5 heteroatoms. The summed E-state index contributed by atoms with van der Waals surface area (Å²) in [5.74, 6) is 2.20. The van der Waals surface area contributed by atoms with E-state index in [1.54, 1.807) is 0 Å². The van der Waals surface area contributed by atoms with Gasteiger partial charge in [-0.1, -0.05) is 12.1 Å². The molecule has 118 valence electrons. The summed E-state index contributed by atoms with van der Waals surface area (Å²) in [5, 5.41) is 2.92. The number of fused-ring (bicyclic) bond motifs is 2. The van der Waals surface area contributed by atoms with E-state index < -0.39 is 0 Å². The first kappa shape index (κ1) is 13.9. The highest BCUT2D eigenvalue weighted by atomic mass is 16.7. The molecular weight excluding hydrogens is 294 g/mol. The second-order valence-corrected chi connectivity index (χ2v) is 5.60. The topological polar surface area (TPSA) is 56.8 Å². The van der Waals surface area contributed by atoms with E-state index in [9.17, 15) is 4.79 Å². The lowest BCUT2D eigenvalue weighted by Crippen LogP contribution is -2.23. The van der Waals surface area contributed by atoms with Gasteiger partial charge < -0.3 is 19.5 Å². The Morgan fingerprint density at radius 2 is 2.04 bits per heavy atom. The lowest BCUT2D eigenvalue weighted by Gasteiger charge is -2.26. The van der Waals surface area contributed by atoms with Crippen LogP contribution in [0.25, 0.3) is 0 Å². The van der Waals surface area contributed by atoms with Gasteiger partial charge in [-0.2, -0.15) is 0 Å². The predicted molar refractivity (Wildman–Crippen MR) is 85.3 cm³/mol. The van der Waals surface area contributed by atoms with Gasteiger partial charge in [-0.15, -0.1) is 0 Å². The maximum atomic E-state index is 12.1. The molecule has 0 saturated carbocycles. The average Bonchev–Trinajstić information content (AvgIpc) is 3.00. The van der Waals surface area contributed by atoms with Crippen molar-refractivity contribution < 1.29 is 19.0 Å². The number of hydrogen-bond donors (Lipinski definition) is 1. The highest BCUT2D eigenvalue weighted by Crippen LogP contribution is 2.44. The molecule has 5 nitrogen and oxygen atoms in total. The molecule has 2 aromatic carbocycles. The zero-order valence-electron chi connectivity index (χ0n) is 12.8. The minimum Gasteiger partial charge on any atom is -0.494 e. The Morgan fingerprint density at radius 3 is 2.87 bits per heavy atom. The molecule has 0 fully saturated rings. The molecule has 0 unspecified atom stereocenters. The molecule has 23 heavy (non-hydrogen) atoms. The first-order valence-electron chi connectivity index (χ1n) is 7.70. The molecule has 1 atom stereocenters. The van der Waals surface area contributed by atoms with Crippen LogP contribution >= 0.6 is 0 Å². The molecule has 2 aromatic rings. The summed E-state index contributed by atoms with van der Waals surface area (Å²) >= 11 is 0. The van der Waals surface area contributed by atoms with Crippen LogP contribution in [0.1, 0.15) is 30.4 Å². The number of ether oxygens (including phenoxy) is 3. The second-order valence-electron chi connectivity index (χ2n) is 5.60. The third kappa shape index (κ3) is 2.48. The van der Waals surface area contributed by atoms with Crippen LogP contribution in [0.15, 0.2) is 36.4 Å². The Bertz CT molecular complexity index is 772. The summed E-state index contributed by atoms with van der Waals surface area (Å²) in [4.78, 5) is 12.1. The largest absolute Gasteiger partial charge is 0.494 e. The molecule has 0 bridgehead atoms. The van der Waals surface area contributed by atoms with Crippen molar-refractivity contribution in [1.29, 1.82) is 0 Å². The van der Waals surface area contributed by atoms with E-state index in [1.807, 2.05) is 43.3 Å². The van der Waals surface area contributed by atoms with Gasteiger partial charge in [0.1, 0.15) is 5.75 Å². The maximum Gasteiger partial charge on any atom is 0.231 e. The van der Waals surface area contributed by atoms with E-state index in [0.717, 1.165) is 28.3 Å². The van der Waals surface area contributed by atoms with Gasteiger partial charge in [0.25, 0.3) is 0 Å². The highest BCUT2D eigenvalue weighted by molar-refractivity contribution is 5.96. The summed E-state index contributed by atoms with van der Waals surface area (Å²) in [6.07, 6.45) is 0.405. The number of rotatable bonds is 3. The molecule has 0 spiro atoms. The van der Waals surface area contributed by atoms with E-state index >= 15 is 0 Å². The lowest BCUT2D eigenvalue weighted by atomic mass is 9.84. The van der Waals surface area contributed by atoms with Crippen LogP contribution in [0, 0.1) is 0 Å². The number of benzene rings is 2. The van der Waals surface area contributed by atoms with Crippen molar-refractivity contribution in [2.45, 2.75) is 19.3 Å². The van der Waals surface area contributed by atoms with Crippen molar-refractivity contribution in [1.82, 2.24) is 0 Å². The quantitative estimate of drug-likeness (QED) is 0.945. The van der Waals surface area contributed by atoms with Gasteiger partial charge in [-0.05, 0) is 36.2 Å². The third-order valence-electron chi connectivity index (χ3n) is 4.16. The van der Waals surface area contributed by atoms with Crippen LogP contribution in [0.5, 0.6) is 17.2 Å². The second kappa shape index (κ2) is 5.50. The van der Waals surface area contributed by atoms with E-state index in [4.69, 9.17) is 14.2 Å². The Balaban J connectivity index is 1.78. The minimum absolute atomic E-state index is 0.00294. The summed E-state index contributed by atoms with van der Waals surface area (Å²) in [6, 6.07) is 11.7. The fraction of sp³-hybridized carbons (Fsp3) is 0.278. The van der Waals surface area contributed by atoms with Crippen molar-refractivity contribution in [3.05, 3.63) is 47.5 Å². The molecule has 4 rings (SSSR count). The summed E-state index contributed by atoms with van der Waals surface area (Å²) in [5.41, 5.74) is 2.89. The first-order valence-corrected chi connectivity index (χ1v) is 7.70. The molecule has 2 aliphatic rings. The van der Waals surface area contributed by atoms with Crippen LogP contribution in [0.3, 0.4) is 0 Å². The van der Waals surface area contributed by atoms with Crippen molar-refractivity contribution in [2.24, 2.45) is 0 Å². The fourth-order valence-electron chi connectivity index (χ4n) is 3.14. The third-order valence-corrected chi connectivity index (χ3v) is 4.16. The zero-order chi connectivity index (χ0) is 15.8. The molecule has 0 aromatic heterocycles. The van der Waals surface area contributed by atoms with E-state index in [1.165, 1.54) is 0 Å². The maximum absolute atomic E-state index is 12.1. The van der Waals surface area contributed by atoms with Crippen LogP contribution in [0.4, 0.5) is 5.69 Å². The van der Waals surface area contributed by atoms with Crippen molar-refractivity contribution in [3.63, 3.8) is 0 Å². The SMILES string of the molecule is CCOc1cccc([C@@H]2CC(=O)Nc3cc4c(cc32)OCO4)c1. The molecule has 0 saturated heterocycles. The lowest BCUT2D eigenvalue weighted by molar-refractivity contribution is -0.116. The number of carbonyl (C=O) groups excluding carboxylic acids is 1. The van der Waals surface area contributed by atoms with Gasteiger partial charge in [0, 0.05) is 24.1 Å². The zero-order valence-corrected chi connectivity index (χ0v) is 12.8. The molecule has 1 N–H and O–H groups in total. The van der Waals surface area contributed by atoms with Crippen LogP contribution < -0.4 is 19.5 Å². The molecule has 0 radical (unpaired) electrons. The van der Waals surface area contributed by atoms with Crippen molar-refractivity contribution >= 4 is 11.6 Å². The Kier molecular flexibility index (Phi) is 3.33. The average molecular weight is 311 g/mol. The van der Waals surface area contributed by atoms with Crippen LogP contribution in [-0.4, -0.2) is 19.3 Å². The van der Waals surface area contributed by atoms with Gasteiger partial charge >= 0.3 is 0 Å². The minimum atomic E-state index is -0.0198. The number of nitrogens with one attached hydrogen (secondary N) is 1. The number of hydrogen-bond acceptors (Lipinski definition) is 4. The van der Waals surface area contributed by atoms with Gasteiger partial charge in [-0.25, -0.2) is 0 Å². The summed E-state index contributed by atoms with van der Waals surface area (Å²) in [6.45, 7) is 2.79. The Hall–Kier alpha value is -2.69. The van der Waals surface area contributed by atoms with Gasteiger partial charge in [0.05, 0.1) is 6.61 Å². The smallest absolute Gasteiger partial charge is 0.231 e. The van der Waals surface area contributed by atoms with Gasteiger partial charge in [-0.3, -0.25) is 4.79 Å². The number of anilines is 1. The van der Waals surface area contributed by atoms with E-state index in [-0.39, 0.29) is 18.6 Å². The normalized spacial score (nSPS) is 18.3. The molecule has 0 aliphatic carbocycles. The standard InChI is InChI=1S/C18H17NO4/c1-2-21-12-5-3-4-11(6-12)13-8-18(20)19-15-9-17-16(7-14(13)15)22-10-23-17/h3-7,9,13H,2,8,10H2,1H3,(H,19,20)/t13-/m0/s1. The Morgan fingerprint density at radius 1 is 1.22 bits per heavy atom. The predicted octanol–water partition coefficient (Wildman–Crippen LogP) is 3.29. The van der Waals surface area contributed by atoms with Crippen molar-refractivity contribution in [2.75, 3.05) is 18.7 Å². The molecule has 2 aliphatic heterocycles. The Labute approximate surface area is 134 Å². The fourth-order valence-corrected chi connectivity index (χ4v) is 3.14. The summed E-state index contributed by atoms with van der Waals surface area (Å²) < 4.78 is 16.5. The highest BCUT2D eigenvalue weighted by Gasteiger charge is 2.30. The molecule has 2 heterocycles. The van der Waals surface area contributed by atoms with Crippen LogP contribution in [-0.2, 0) is 4.79 Å². The van der Waals surface area contributed by atoms with Gasteiger partial charge in [0.15, 0.2) is 11.5 Å². The summed E-state index contributed by atoms with van der Waals surface area (Å²) in [7, 11) is 0. The van der Waals surface area contributed by atoms with Gasteiger partial charge in [0.2, 0.25) is 12.7 Å². The first-order chi connectivity index (χ1) is 11.2. The van der Waals surface area contributed by atoms with Crippen molar-refractivity contribution in [3.8, 4) is 17.2 Å². The number of carbonyl (C=O) groups is 1. The number of amides is 1. The van der Waals surface area contributed by atoms with E-state index in [2.05, 4.69) is 5.32 Å². The van der Waals surface area contributed by atoms with Crippen LogP contribution in [0.2, 0.25) is 0 Å². The molecular formula is C18H17NO4. The van der Waals surface area contributed by atoms with E-state index in [0.29, 0.717) is 18.8 Å². The molecule has 1 amide bonds.